The predicted molar refractivity (Wildman–Crippen MR) is 131 cm³/mol. The van der Waals surface area contributed by atoms with Crippen molar-refractivity contribution in [3.63, 3.8) is 0 Å². The molecule has 2 atom stereocenters. The van der Waals surface area contributed by atoms with Crippen molar-refractivity contribution < 1.29 is 24.1 Å². The summed E-state index contributed by atoms with van der Waals surface area (Å²) in [7, 11) is 0. The summed E-state index contributed by atoms with van der Waals surface area (Å²) in [6, 6.07) is 19.1. The van der Waals surface area contributed by atoms with Gasteiger partial charge >= 0.3 is 0 Å². The molecule has 4 rings (SSSR count). The van der Waals surface area contributed by atoms with Gasteiger partial charge in [0.05, 0.1) is 5.56 Å². The third kappa shape index (κ3) is 5.58. The summed E-state index contributed by atoms with van der Waals surface area (Å²) in [6.45, 7) is 4.17. The van der Waals surface area contributed by atoms with Gasteiger partial charge in [-0.25, -0.2) is 0 Å². The van der Waals surface area contributed by atoms with E-state index in [9.17, 15) is 9.90 Å². The number of ketones is 1. The second-order valence-corrected chi connectivity index (χ2v) is 8.66. The van der Waals surface area contributed by atoms with Gasteiger partial charge in [0.15, 0.2) is 12.1 Å². The molecule has 1 aliphatic heterocycles. The van der Waals surface area contributed by atoms with Crippen molar-refractivity contribution in [2.45, 2.75) is 52.1 Å². The summed E-state index contributed by atoms with van der Waals surface area (Å²) in [5.41, 5.74) is 10.5. The van der Waals surface area contributed by atoms with E-state index in [1.54, 1.807) is 19.1 Å². The Bertz CT molecular complexity index is 1150. The number of carbonyl (C=O) groups is 1. The van der Waals surface area contributed by atoms with Gasteiger partial charge in [0.1, 0.15) is 24.2 Å². The van der Waals surface area contributed by atoms with Crippen LogP contribution in [0.15, 0.2) is 60.7 Å². The van der Waals surface area contributed by atoms with Gasteiger partial charge in [0.2, 0.25) is 0 Å². The van der Waals surface area contributed by atoms with E-state index in [1.807, 2.05) is 42.5 Å². The number of nitrogens with two attached hydrogens (primary N) is 1. The Morgan fingerprint density at radius 2 is 1.88 bits per heavy atom. The highest BCUT2D eigenvalue weighted by molar-refractivity contribution is 5.97. The molecular weight excluding hydrogens is 430 g/mol. The topological polar surface area (TPSA) is 91.0 Å². The molecule has 0 amide bonds. The first kappa shape index (κ1) is 23.8. The third-order valence-electron chi connectivity index (χ3n) is 6.05. The molecule has 3 aromatic carbocycles. The summed E-state index contributed by atoms with van der Waals surface area (Å²) in [4.78, 5) is 11.7. The SMILES string of the molecule is CC(=O)c1ccc(OCc2cccc(C(OC3CCCCO3)c3cccc(N)c3)c2)c(C)c1O. The minimum absolute atomic E-state index is 0.0404. The van der Waals surface area contributed by atoms with Crippen LogP contribution < -0.4 is 10.5 Å². The van der Waals surface area contributed by atoms with Crippen molar-refractivity contribution in [1.29, 1.82) is 0 Å². The van der Waals surface area contributed by atoms with E-state index < -0.39 is 0 Å². The molecule has 178 valence electrons. The molecule has 2 unspecified atom stereocenters. The summed E-state index contributed by atoms with van der Waals surface area (Å²) in [5, 5.41) is 10.3. The first-order valence-corrected chi connectivity index (χ1v) is 11.6. The maximum Gasteiger partial charge on any atom is 0.163 e. The van der Waals surface area contributed by atoms with Crippen LogP contribution in [0.2, 0.25) is 0 Å². The van der Waals surface area contributed by atoms with E-state index in [4.69, 9.17) is 19.9 Å². The standard InChI is InChI=1S/C28H31NO5/c1-18-25(13-12-24(19(2)30)27(18)31)33-17-20-7-5-8-21(15-20)28(22-9-6-10-23(29)16-22)34-26-11-3-4-14-32-26/h5-10,12-13,15-16,26,28,31H,3-4,11,14,17,29H2,1-2H3. The molecule has 3 aromatic rings. The summed E-state index contributed by atoms with van der Waals surface area (Å²) < 4.78 is 18.3. The van der Waals surface area contributed by atoms with Gasteiger partial charge in [0.25, 0.3) is 0 Å². The quantitative estimate of drug-likeness (QED) is 0.330. The van der Waals surface area contributed by atoms with E-state index >= 15 is 0 Å². The Labute approximate surface area is 200 Å². The zero-order valence-electron chi connectivity index (χ0n) is 19.6. The van der Waals surface area contributed by atoms with E-state index in [0.717, 1.165) is 36.0 Å². The number of phenols is 1. The van der Waals surface area contributed by atoms with Crippen LogP contribution in [-0.4, -0.2) is 23.8 Å². The molecule has 0 bridgehead atoms. The van der Waals surface area contributed by atoms with Crippen LogP contribution in [0, 0.1) is 6.92 Å². The third-order valence-corrected chi connectivity index (χ3v) is 6.05. The molecule has 1 aliphatic rings. The number of Topliss-reactive ketones (excluding diaryl/α,β-unsaturated/α-hetero) is 1. The van der Waals surface area contributed by atoms with Crippen LogP contribution in [0.5, 0.6) is 11.5 Å². The number of hydrogen-bond donors (Lipinski definition) is 2. The fraction of sp³-hybridized carbons (Fsp3) is 0.321. The molecule has 0 spiro atoms. The highest BCUT2D eigenvalue weighted by Gasteiger charge is 2.23. The lowest BCUT2D eigenvalue weighted by atomic mass is 9.99. The minimum Gasteiger partial charge on any atom is -0.507 e. The highest BCUT2D eigenvalue weighted by Crippen LogP contribution is 2.33. The number of benzene rings is 3. The van der Waals surface area contributed by atoms with Gasteiger partial charge in [-0.05, 0) is 80.1 Å². The lowest BCUT2D eigenvalue weighted by molar-refractivity contribution is -0.181. The lowest BCUT2D eigenvalue weighted by Crippen LogP contribution is -2.25. The van der Waals surface area contributed by atoms with E-state index in [2.05, 4.69) is 6.07 Å². The Hall–Kier alpha value is -3.35. The van der Waals surface area contributed by atoms with E-state index in [0.29, 0.717) is 35.8 Å². The first-order valence-electron chi connectivity index (χ1n) is 11.6. The number of carbonyl (C=O) groups excluding carboxylic acids is 1. The van der Waals surface area contributed by atoms with Crippen molar-refractivity contribution in [1.82, 2.24) is 0 Å². The van der Waals surface area contributed by atoms with E-state index in [-0.39, 0.29) is 23.9 Å². The summed E-state index contributed by atoms with van der Waals surface area (Å²) in [5.74, 6) is 0.308. The molecule has 1 fully saturated rings. The predicted octanol–water partition coefficient (Wildman–Crippen LogP) is 5.70. The lowest BCUT2D eigenvalue weighted by Gasteiger charge is -2.28. The summed E-state index contributed by atoms with van der Waals surface area (Å²) >= 11 is 0. The Morgan fingerprint density at radius 3 is 2.59 bits per heavy atom. The zero-order valence-corrected chi connectivity index (χ0v) is 19.6. The van der Waals surface area contributed by atoms with E-state index in [1.165, 1.54) is 6.92 Å². The van der Waals surface area contributed by atoms with Crippen LogP contribution in [0.1, 0.15) is 64.9 Å². The van der Waals surface area contributed by atoms with Gasteiger partial charge in [-0.3, -0.25) is 4.79 Å². The van der Waals surface area contributed by atoms with Crippen molar-refractivity contribution in [3.8, 4) is 11.5 Å². The average molecular weight is 462 g/mol. The number of phenolic OH excluding ortho intramolecular Hbond substituents is 1. The smallest absolute Gasteiger partial charge is 0.163 e. The second kappa shape index (κ2) is 10.7. The summed E-state index contributed by atoms with van der Waals surface area (Å²) in [6.07, 6.45) is 2.41. The normalized spacial score (nSPS) is 16.7. The average Bonchev–Trinajstić information content (AvgIpc) is 2.84. The molecular formula is C28H31NO5. The van der Waals surface area contributed by atoms with Crippen LogP contribution in [0.4, 0.5) is 5.69 Å². The fourth-order valence-electron chi connectivity index (χ4n) is 4.17. The highest BCUT2D eigenvalue weighted by atomic mass is 16.7. The molecule has 0 saturated carbocycles. The molecule has 0 aliphatic carbocycles. The Morgan fingerprint density at radius 1 is 1.12 bits per heavy atom. The van der Waals surface area contributed by atoms with Crippen molar-refractivity contribution >= 4 is 11.5 Å². The zero-order chi connectivity index (χ0) is 24.1. The number of ether oxygens (including phenoxy) is 3. The Balaban J connectivity index is 1.56. The number of anilines is 1. The van der Waals surface area contributed by atoms with Crippen LogP contribution in [0.3, 0.4) is 0 Å². The molecule has 1 heterocycles. The maximum absolute atomic E-state index is 11.7. The second-order valence-electron chi connectivity index (χ2n) is 8.66. The molecule has 1 saturated heterocycles. The largest absolute Gasteiger partial charge is 0.507 e. The number of nitrogen functional groups attached to an aromatic ring is 1. The number of hydrogen-bond acceptors (Lipinski definition) is 6. The molecule has 6 heteroatoms. The molecule has 34 heavy (non-hydrogen) atoms. The molecule has 0 radical (unpaired) electrons. The first-order chi connectivity index (χ1) is 16.4. The monoisotopic (exact) mass is 461 g/mol. The van der Waals surface area contributed by atoms with Crippen LogP contribution >= 0.6 is 0 Å². The number of rotatable bonds is 8. The fourth-order valence-corrected chi connectivity index (χ4v) is 4.17. The van der Waals surface area contributed by atoms with Gasteiger partial charge in [-0.1, -0.05) is 30.3 Å². The minimum atomic E-state index is -0.327. The van der Waals surface area contributed by atoms with Crippen molar-refractivity contribution in [2.24, 2.45) is 0 Å². The van der Waals surface area contributed by atoms with Gasteiger partial charge in [-0.2, -0.15) is 0 Å². The number of aromatic hydroxyl groups is 1. The van der Waals surface area contributed by atoms with Crippen molar-refractivity contribution in [2.75, 3.05) is 12.3 Å². The van der Waals surface area contributed by atoms with Crippen molar-refractivity contribution in [3.05, 3.63) is 88.5 Å². The van der Waals surface area contributed by atoms with Gasteiger partial charge in [-0.15, -0.1) is 0 Å². The molecule has 6 nitrogen and oxygen atoms in total. The van der Waals surface area contributed by atoms with Gasteiger partial charge in [0, 0.05) is 17.9 Å². The maximum atomic E-state index is 11.7. The van der Waals surface area contributed by atoms with Gasteiger partial charge < -0.3 is 25.1 Å². The Kier molecular flexibility index (Phi) is 7.50. The molecule has 3 N–H and O–H groups in total. The van der Waals surface area contributed by atoms with Crippen LogP contribution in [-0.2, 0) is 16.1 Å². The van der Waals surface area contributed by atoms with Crippen LogP contribution in [0.25, 0.3) is 0 Å². The molecule has 0 aromatic heterocycles.